The third-order valence-corrected chi connectivity index (χ3v) is 3.70. The number of nitro groups is 1. The summed E-state index contributed by atoms with van der Waals surface area (Å²) in [5.41, 5.74) is 0.729. The van der Waals surface area contributed by atoms with Crippen molar-refractivity contribution < 1.29 is 9.66 Å². The van der Waals surface area contributed by atoms with Crippen LogP contribution in [0.5, 0.6) is 0 Å². The Balaban J connectivity index is 1.83. The van der Waals surface area contributed by atoms with Crippen LogP contribution in [-0.2, 0) is 4.74 Å². The first-order chi connectivity index (χ1) is 8.25. The van der Waals surface area contributed by atoms with Gasteiger partial charge in [0.15, 0.2) is 6.17 Å². The second kappa shape index (κ2) is 2.53. The van der Waals surface area contributed by atoms with Crippen molar-refractivity contribution in [1.82, 2.24) is 0 Å². The van der Waals surface area contributed by atoms with Crippen LogP contribution in [0.4, 0.5) is 11.4 Å². The molecule has 86 valence electrons. The fraction of sp³-hybridized carbons (Fsp3) is 0.273. The molecule has 3 unspecified atom stereocenters. The Morgan fingerprint density at radius 2 is 2.29 bits per heavy atom. The summed E-state index contributed by atoms with van der Waals surface area (Å²) in [7, 11) is 0. The number of nitrogens with zero attached hydrogens (tertiary/aromatic N) is 2. The predicted molar refractivity (Wildman–Crippen MR) is 60.1 cm³/mol. The van der Waals surface area contributed by atoms with E-state index in [9.17, 15) is 10.1 Å². The van der Waals surface area contributed by atoms with Crippen LogP contribution in [0.25, 0.3) is 0 Å². The molecule has 0 radical (unpaired) electrons. The van der Waals surface area contributed by atoms with Crippen LogP contribution in [0.3, 0.4) is 0 Å². The maximum Gasteiger partial charge on any atom is 0.336 e. The zero-order valence-corrected chi connectivity index (χ0v) is 8.74. The van der Waals surface area contributed by atoms with Gasteiger partial charge in [0.05, 0.1) is 17.6 Å². The van der Waals surface area contributed by atoms with Crippen molar-refractivity contribution in [2.24, 2.45) is 0 Å². The van der Waals surface area contributed by atoms with Crippen molar-refractivity contribution in [2.45, 2.75) is 17.9 Å². The molecule has 4 rings (SSSR count). The Hall–Kier alpha value is -2.24. The highest BCUT2D eigenvalue weighted by molar-refractivity contribution is 5.80. The standard InChI is InChI=1S/C11H9N3O3/c15-14(16)11-5-6-17-10(11)13-8-4-2-1-3-7(8)12-9(11)13/h1-6,9-10,12H. The van der Waals surface area contributed by atoms with Gasteiger partial charge in [0, 0.05) is 11.0 Å². The fourth-order valence-electron chi connectivity index (χ4n) is 2.87. The van der Waals surface area contributed by atoms with E-state index in [2.05, 4.69) is 5.32 Å². The first-order valence-corrected chi connectivity index (χ1v) is 5.37. The van der Waals surface area contributed by atoms with Gasteiger partial charge in [-0.3, -0.25) is 10.1 Å². The number of rotatable bonds is 1. The number of para-hydroxylation sites is 2. The molecule has 0 amide bonds. The second-order valence-electron chi connectivity index (χ2n) is 4.41. The van der Waals surface area contributed by atoms with Gasteiger partial charge in [-0.2, -0.15) is 0 Å². The molecule has 3 aliphatic heterocycles. The summed E-state index contributed by atoms with van der Waals surface area (Å²) in [6, 6.07) is 7.68. The third-order valence-electron chi connectivity index (χ3n) is 3.70. The maximum absolute atomic E-state index is 11.3. The Morgan fingerprint density at radius 1 is 1.47 bits per heavy atom. The Kier molecular flexibility index (Phi) is 1.32. The van der Waals surface area contributed by atoms with E-state index < -0.39 is 11.8 Å². The van der Waals surface area contributed by atoms with Crippen molar-refractivity contribution >= 4 is 11.4 Å². The molecule has 0 aliphatic carbocycles. The van der Waals surface area contributed by atoms with Crippen molar-refractivity contribution in [3.05, 3.63) is 46.7 Å². The van der Waals surface area contributed by atoms with Gasteiger partial charge in [-0.15, -0.1) is 0 Å². The number of nitrogens with one attached hydrogen (secondary N) is 1. The smallest absolute Gasteiger partial charge is 0.336 e. The third kappa shape index (κ3) is 0.769. The van der Waals surface area contributed by atoms with E-state index >= 15 is 0 Å². The van der Waals surface area contributed by atoms with E-state index in [1.54, 1.807) is 0 Å². The molecule has 1 aromatic rings. The summed E-state index contributed by atoms with van der Waals surface area (Å²) in [5, 5.41) is 14.5. The quantitative estimate of drug-likeness (QED) is 0.580. The van der Waals surface area contributed by atoms with Gasteiger partial charge in [-0.1, -0.05) is 12.1 Å². The summed E-state index contributed by atoms with van der Waals surface area (Å²) in [4.78, 5) is 12.9. The molecule has 6 heteroatoms. The van der Waals surface area contributed by atoms with Gasteiger partial charge in [0.2, 0.25) is 0 Å². The summed E-state index contributed by atoms with van der Waals surface area (Å²) in [6.45, 7) is 0. The number of fused-ring (bicyclic) bond motifs is 6. The van der Waals surface area contributed by atoms with Crippen LogP contribution in [-0.4, -0.2) is 22.9 Å². The number of hydrogen-bond donors (Lipinski definition) is 1. The lowest BCUT2D eigenvalue weighted by atomic mass is 9.85. The Labute approximate surface area is 96.6 Å². The van der Waals surface area contributed by atoms with E-state index in [1.165, 1.54) is 12.3 Å². The van der Waals surface area contributed by atoms with Crippen LogP contribution in [0.1, 0.15) is 0 Å². The zero-order valence-electron chi connectivity index (χ0n) is 8.74. The first-order valence-electron chi connectivity index (χ1n) is 5.37. The lowest BCUT2D eigenvalue weighted by Crippen LogP contribution is -2.78. The molecular formula is C11H9N3O3. The van der Waals surface area contributed by atoms with Crippen LogP contribution >= 0.6 is 0 Å². The highest BCUT2D eigenvalue weighted by atomic mass is 16.6. The van der Waals surface area contributed by atoms with E-state index in [4.69, 9.17) is 4.74 Å². The average Bonchev–Trinajstić information content (AvgIpc) is 2.82. The predicted octanol–water partition coefficient (Wildman–Crippen LogP) is 1.14. The highest BCUT2D eigenvalue weighted by Crippen LogP contribution is 2.53. The molecule has 0 aromatic heterocycles. The molecule has 3 atom stereocenters. The second-order valence-corrected chi connectivity index (χ2v) is 4.41. The van der Waals surface area contributed by atoms with Gasteiger partial charge >= 0.3 is 5.54 Å². The van der Waals surface area contributed by atoms with Crippen LogP contribution < -0.4 is 10.2 Å². The monoisotopic (exact) mass is 231 g/mol. The van der Waals surface area contributed by atoms with Crippen LogP contribution in [0.2, 0.25) is 0 Å². The normalized spacial score (nSPS) is 35.2. The molecule has 3 aliphatic rings. The molecule has 17 heavy (non-hydrogen) atoms. The largest absolute Gasteiger partial charge is 0.470 e. The molecule has 0 bridgehead atoms. The molecule has 1 aromatic carbocycles. The Bertz CT molecular complexity index is 559. The topological polar surface area (TPSA) is 67.6 Å². The van der Waals surface area contributed by atoms with Crippen LogP contribution in [0.15, 0.2) is 36.6 Å². The summed E-state index contributed by atoms with van der Waals surface area (Å²) >= 11 is 0. The van der Waals surface area contributed by atoms with Crippen molar-refractivity contribution in [3.8, 4) is 0 Å². The minimum atomic E-state index is -1.15. The SMILES string of the molecule is O=[N+]([O-])C12C=COC1N1c3ccccc3NC12. The zero-order chi connectivity index (χ0) is 11.6. The van der Waals surface area contributed by atoms with Crippen molar-refractivity contribution in [3.63, 3.8) is 0 Å². The lowest BCUT2D eigenvalue weighted by Gasteiger charge is -2.48. The molecule has 3 heterocycles. The summed E-state index contributed by atoms with van der Waals surface area (Å²) in [6.07, 6.45) is 2.09. The van der Waals surface area contributed by atoms with E-state index in [0.717, 1.165) is 11.4 Å². The van der Waals surface area contributed by atoms with Crippen molar-refractivity contribution in [1.29, 1.82) is 0 Å². The van der Waals surface area contributed by atoms with Crippen molar-refractivity contribution in [2.75, 3.05) is 10.2 Å². The maximum atomic E-state index is 11.3. The van der Waals surface area contributed by atoms with Gasteiger partial charge in [-0.25, -0.2) is 0 Å². The molecule has 0 saturated carbocycles. The fourth-order valence-corrected chi connectivity index (χ4v) is 2.87. The van der Waals surface area contributed by atoms with Gasteiger partial charge in [0.25, 0.3) is 6.23 Å². The molecule has 6 nitrogen and oxygen atoms in total. The Morgan fingerprint density at radius 3 is 3.12 bits per heavy atom. The number of ether oxygens (including phenoxy) is 1. The molecule has 1 N–H and O–H groups in total. The van der Waals surface area contributed by atoms with E-state index in [-0.39, 0.29) is 11.1 Å². The number of benzene rings is 1. The highest BCUT2D eigenvalue weighted by Gasteiger charge is 2.75. The van der Waals surface area contributed by atoms with E-state index in [0.29, 0.717) is 0 Å². The average molecular weight is 231 g/mol. The minimum absolute atomic E-state index is 0.263. The number of hydrogen-bond acceptors (Lipinski definition) is 5. The number of anilines is 2. The molecule has 1 fully saturated rings. The van der Waals surface area contributed by atoms with Gasteiger partial charge in [-0.05, 0) is 12.1 Å². The summed E-state index contributed by atoms with van der Waals surface area (Å²) in [5.74, 6) is 0. The van der Waals surface area contributed by atoms with E-state index in [1.807, 2.05) is 29.2 Å². The van der Waals surface area contributed by atoms with Gasteiger partial charge in [0.1, 0.15) is 0 Å². The lowest BCUT2D eigenvalue weighted by molar-refractivity contribution is -0.580. The first kappa shape index (κ1) is 8.86. The molecule has 1 saturated heterocycles. The van der Waals surface area contributed by atoms with Crippen LogP contribution in [0, 0.1) is 10.1 Å². The molecule has 0 spiro atoms. The minimum Gasteiger partial charge on any atom is -0.470 e. The molecular weight excluding hydrogens is 222 g/mol. The van der Waals surface area contributed by atoms with Gasteiger partial charge < -0.3 is 15.0 Å². The summed E-state index contributed by atoms with van der Waals surface area (Å²) < 4.78 is 5.35.